The van der Waals surface area contributed by atoms with E-state index in [0.717, 1.165) is 31.7 Å². The Morgan fingerprint density at radius 1 is 0.708 bits per heavy atom. The lowest BCUT2D eigenvalue weighted by Gasteiger charge is -2.08. The van der Waals surface area contributed by atoms with Gasteiger partial charge in [-0.1, -0.05) is 6.58 Å². The molecule has 7 nitrogen and oxygen atoms in total. The molecule has 0 radical (unpaired) electrons. The molecule has 0 rings (SSSR count). The van der Waals surface area contributed by atoms with Gasteiger partial charge in [0.2, 0.25) is 0 Å². The van der Waals surface area contributed by atoms with Gasteiger partial charge in [0, 0.05) is 25.5 Å². The van der Waals surface area contributed by atoms with Crippen LogP contribution in [-0.4, -0.2) is 79.2 Å². The summed E-state index contributed by atoms with van der Waals surface area (Å²) in [5, 5.41) is 3.16. The SMILES string of the molecule is C=C(C)NCCCOCCOCCOCCOCCOCCCN. The van der Waals surface area contributed by atoms with Gasteiger partial charge in [-0.3, -0.25) is 0 Å². The average Bonchev–Trinajstić information content (AvgIpc) is 2.56. The van der Waals surface area contributed by atoms with E-state index in [1.54, 1.807) is 0 Å². The van der Waals surface area contributed by atoms with Gasteiger partial charge in [0.15, 0.2) is 0 Å². The second-order valence-electron chi connectivity index (χ2n) is 5.26. The van der Waals surface area contributed by atoms with Gasteiger partial charge in [-0.05, 0) is 26.3 Å². The second-order valence-corrected chi connectivity index (χ2v) is 5.26. The summed E-state index contributed by atoms with van der Waals surface area (Å²) < 4.78 is 26.9. The van der Waals surface area contributed by atoms with Crippen LogP contribution in [0.25, 0.3) is 0 Å². The summed E-state index contributed by atoms with van der Waals surface area (Å²) in [7, 11) is 0. The van der Waals surface area contributed by atoms with Crippen molar-refractivity contribution in [2.45, 2.75) is 19.8 Å². The van der Waals surface area contributed by atoms with Crippen molar-refractivity contribution in [3.05, 3.63) is 12.3 Å². The van der Waals surface area contributed by atoms with Crippen LogP contribution in [0.4, 0.5) is 0 Å². The minimum atomic E-state index is 0.568. The molecule has 0 heterocycles. The van der Waals surface area contributed by atoms with Crippen LogP contribution >= 0.6 is 0 Å². The fraction of sp³-hybridized carbons (Fsp3) is 0.882. The molecule has 7 heteroatoms. The first-order chi connectivity index (χ1) is 11.8. The molecule has 24 heavy (non-hydrogen) atoms. The highest BCUT2D eigenvalue weighted by Crippen LogP contribution is 1.87. The molecule has 144 valence electrons. The molecule has 3 N–H and O–H groups in total. The summed E-state index contributed by atoms with van der Waals surface area (Å²) in [5.74, 6) is 0. The summed E-state index contributed by atoms with van der Waals surface area (Å²) in [6.45, 7) is 13.4. The molecule has 0 aliphatic rings. The normalized spacial score (nSPS) is 10.9. The van der Waals surface area contributed by atoms with Crippen molar-refractivity contribution in [3.8, 4) is 0 Å². The van der Waals surface area contributed by atoms with Gasteiger partial charge >= 0.3 is 0 Å². The zero-order chi connectivity index (χ0) is 17.7. The largest absolute Gasteiger partial charge is 0.389 e. The first kappa shape index (κ1) is 23.3. The molecule has 0 aromatic rings. The van der Waals surface area contributed by atoms with E-state index >= 15 is 0 Å². The first-order valence-electron chi connectivity index (χ1n) is 8.75. The Kier molecular flexibility index (Phi) is 19.8. The van der Waals surface area contributed by atoms with Gasteiger partial charge in [-0.25, -0.2) is 0 Å². The third kappa shape index (κ3) is 21.3. The molecule has 0 saturated carbocycles. The Morgan fingerprint density at radius 3 is 1.46 bits per heavy atom. The highest BCUT2D eigenvalue weighted by Gasteiger charge is 1.94. The van der Waals surface area contributed by atoms with E-state index in [2.05, 4.69) is 11.9 Å². The summed E-state index contributed by atoms with van der Waals surface area (Å²) >= 11 is 0. The van der Waals surface area contributed by atoms with Gasteiger partial charge < -0.3 is 34.7 Å². The lowest BCUT2D eigenvalue weighted by atomic mass is 10.4. The van der Waals surface area contributed by atoms with Gasteiger partial charge in [0.05, 0.1) is 52.9 Å². The van der Waals surface area contributed by atoms with Crippen molar-refractivity contribution in [1.29, 1.82) is 0 Å². The number of hydrogen-bond acceptors (Lipinski definition) is 7. The van der Waals surface area contributed by atoms with E-state index in [4.69, 9.17) is 29.4 Å². The maximum absolute atomic E-state index is 5.45. The van der Waals surface area contributed by atoms with Crippen LogP contribution in [0, 0.1) is 0 Å². The van der Waals surface area contributed by atoms with Gasteiger partial charge in [0.1, 0.15) is 0 Å². The first-order valence-corrected chi connectivity index (χ1v) is 8.75. The van der Waals surface area contributed by atoms with Crippen molar-refractivity contribution in [2.75, 3.05) is 79.2 Å². The van der Waals surface area contributed by atoms with Crippen molar-refractivity contribution in [1.82, 2.24) is 5.32 Å². The van der Waals surface area contributed by atoms with Crippen molar-refractivity contribution < 1.29 is 23.7 Å². The molecule has 0 unspecified atom stereocenters. The molecular formula is C17H36N2O5. The molecule has 0 aliphatic heterocycles. The van der Waals surface area contributed by atoms with Gasteiger partial charge in [-0.2, -0.15) is 0 Å². The van der Waals surface area contributed by atoms with Crippen molar-refractivity contribution in [2.24, 2.45) is 5.73 Å². The number of nitrogens with one attached hydrogen (secondary N) is 1. The van der Waals surface area contributed by atoms with Crippen LogP contribution in [0.5, 0.6) is 0 Å². The molecule has 0 aromatic heterocycles. The second kappa shape index (κ2) is 20.3. The van der Waals surface area contributed by atoms with E-state index < -0.39 is 0 Å². The van der Waals surface area contributed by atoms with Crippen LogP contribution in [-0.2, 0) is 23.7 Å². The monoisotopic (exact) mass is 348 g/mol. The van der Waals surface area contributed by atoms with Gasteiger partial charge in [-0.15, -0.1) is 0 Å². The molecule has 0 aliphatic carbocycles. The van der Waals surface area contributed by atoms with E-state index in [0.29, 0.717) is 66.0 Å². The molecule has 0 bridgehead atoms. The predicted molar refractivity (Wildman–Crippen MR) is 95.2 cm³/mol. The van der Waals surface area contributed by atoms with Crippen molar-refractivity contribution >= 4 is 0 Å². The number of nitrogens with two attached hydrogens (primary N) is 1. The summed E-state index contributed by atoms with van der Waals surface area (Å²) in [6, 6.07) is 0. The van der Waals surface area contributed by atoms with Crippen LogP contribution in [0.2, 0.25) is 0 Å². The fourth-order valence-electron chi connectivity index (χ4n) is 1.64. The Bertz CT molecular complexity index is 267. The topological polar surface area (TPSA) is 84.2 Å². The smallest absolute Gasteiger partial charge is 0.0701 e. The maximum atomic E-state index is 5.45. The van der Waals surface area contributed by atoms with Gasteiger partial charge in [0.25, 0.3) is 0 Å². The highest BCUT2D eigenvalue weighted by atomic mass is 16.6. The van der Waals surface area contributed by atoms with Crippen molar-refractivity contribution in [3.63, 3.8) is 0 Å². The van der Waals surface area contributed by atoms with Crippen LogP contribution in [0.1, 0.15) is 19.8 Å². The van der Waals surface area contributed by atoms with Crippen LogP contribution in [0.15, 0.2) is 12.3 Å². The zero-order valence-electron chi connectivity index (χ0n) is 15.2. The third-order valence-electron chi connectivity index (χ3n) is 2.87. The minimum absolute atomic E-state index is 0.568. The lowest BCUT2D eigenvalue weighted by molar-refractivity contribution is -0.0111. The Morgan fingerprint density at radius 2 is 1.08 bits per heavy atom. The number of hydrogen-bond donors (Lipinski definition) is 2. The average molecular weight is 348 g/mol. The van der Waals surface area contributed by atoms with Crippen LogP contribution in [0.3, 0.4) is 0 Å². The van der Waals surface area contributed by atoms with E-state index in [9.17, 15) is 0 Å². The lowest BCUT2D eigenvalue weighted by Crippen LogP contribution is -2.15. The van der Waals surface area contributed by atoms with E-state index in [1.807, 2.05) is 6.92 Å². The summed E-state index contributed by atoms with van der Waals surface area (Å²) in [4.78, 5) is 0. The summed E-state index contributed by atoms with van der Waals surface area (Å²) in [6.07, 6.45) is 1.86. The Hall–Kier alpha value is -0.700. The Labute approximate surface area is 146 Å². The molecule has 0 fully saturated rings. The minimum Gasteiger partial charge on any atom is -0.389 e. The zero-order valence-corrected chi connectivity index (χ0v) is 15.2. The predicted octanol–water partition coefficient (Wildman–Crippen LogP) is 0.932. The quantitative estimate of drug-likeness (QED) is 0.317. The Balaban J connectivity index is 2.97. The van der Waals surface area contributed by atoms with Crippen LogP contribution < -0.4 is 11.1 Å². The molecule has 0 aromatic carbocycles. The molecular weight excluding hydrogens is 312 g/mol. The summed E-state index contributed by atoms with van der Waals surface area (Å²) in [5.41, 5.74) is 6.35. The highest BCUT2D eigenvalue weighted by molar-refractivity contribution is 4.83. The molecule has 0 amide bonds. The fourth-order valence-corrected chi connectivity index (χ4v) is 1.64. The third-order valence-corrected chi connectivity index (χ3v) is 2.87. The maximum Gasteiger partial charge on any atom is 0.0701 e. The number of rotatable bonds is 20. The van der Waals surface area contributed by atoms with E-state index in [-0.39, 0.29) is 0 Å². The molecule has 0 atom stereocenters. The number of ether oxygens (including phenoxy) is 5. The number of allylic oxidation sites excluding steroid dienone is 1. The van der Waals surface area contributed by atoms with E-state index in [1.165, 1.54) is 0 Å². The molecule has 0 saturated heterocycles. The standard InChI is InChI=1S/C17H36N2O5/c1-17(2)19-6-4-8-21-10-12-23-14-16-24-15-13-22-11-9-20-7-3-5-18/h19H,1,3-16,18H2,2H3. The molecule has 0 spiro atoms.